The zero-order valence-corrected chi connectivity index (χ0v) is 8.30. The molecular formula is C7H4B2F2O2S. The van der Waals surface area contributed by atoms with Crippen molar-refractivity contribution in [3.05, 3.63) is 11.1 Å². The Hall–Kier alpha value is -0.970. The van der Waals surface area contributed by atoms with Gasteiger partial charge in [0.15, 0.2) is 15.7 Å². The minimum atomic E-state index is -3.84. The zero-order chi connectivity index (χ0) is 10.7. The van der Waals surface area contributed by atoms with Crippen LogP contribution >= 0.6 is 11.3 Å². The van der Waals surface area contributed by atoms with Gasteiger partial charge >= 0.3 is 5.92 Å². The molecule has 1 aromatic heterocycles. The molecule has 0 aromatic carbocycles. The maximum atomic E-state index is 13.0. The number of halogens is 2. The predicted octanol–water partition coefficient (Wildman–Crippen LogP) is -1.72. The Kier molecular flexibility index (Phi) is 1.73. The monoisotopic (exact) mass is 212 g/mol. The number of carbonyl (C=O) groups excluding carboxylic acids is 2. The number of fused-ring (bicyclic) bond motifs is 1. The van der Waals surface area contributed by atoms with Gasteiger partial charge in [0.25, 0.3) is 0 Å². The van der Waals surface area contributed by atoms with E-state index in [1.54, 1.807) is 15.7 Å². The molecule has 70 valence electrons. The second-order valence-corrected chi connectivity index (χ2v) is 4.63. The normalized spacial score (nSPS) is 18.7. The average Bonchev–Trinajstić information content (AvgIpc) is 2.45. The summed E-state index contributed by atoms with van der Waals surface area (Å²) < 4.78 is 27.0. The van der Waals surface area contributed by atoms with E-state index in [-0.39, 0.29) is 11.1 Å². The first-order valence-electron chi connectivity index (χ1n) is 3.94. The first-order valence-corrected chi connectivity index (χ1v) is 4.76. The number of hydrogen-bond donors (Lipinski definition) is 0. The Labute approximate surface area is 84.1 Å². The summed E-state index contributed by atoms with van der Waals surface area (Å²) in [5.41, 5.74) is -0.162. The SMILES string of the molecule is Bc1sc(B)c2c1C(=O)C(F)(F)C2=O. The Morgan fingerprint density at radius 3 is 1.71 bits per heavy atom. The summed E-state index contributed by atoms with van der Waals surface area (Å²) >= 11 is 1.20. The van der Waals surface area contributed by atoms with Crippen molar-refractivity contribution in [3.63, 3.8) is 0 Å². The number of thiophene rings is 1. The fourth-order valence-electron chi connectivity index (χ4n) is 1.65. The molecule has 1 aliphatic rings. The summed E-state index contributed by atoms with van der Waals surface area (Å²) in [6.45, 7) is 0. The quantitative estimate of drug-likeness (QED) is 0.378. The van der Waals surface area contributed by atoms with Gasteiger partial charge in [-0.3, -0.25) is 9.59 Å². The lowest BCUT2D eigenvalue weighted by molar-refractivity contribution is 0.0190. The van der Waals surface area contributed by atoms with Gasteiger partial charge in [-0.05, 0) is 9.55 Å². The first kappa shape index (κ1) is 9.58. The van der Waals surface area contributed by atoms with Crippen LogP contribution in [0.25, 0.3) is 0 Å². The van der Waals surface area contributed by atoms with Gasteiger partial charge in [0.2, 0.25) is 11.6 Å². The topological polar surface area (TPSA) is 34.1 Å². The average molecular weight is 212 g/mol. The Balaban J connectivity index is 2.78. The second-order valence-electron chi connectivity index (χ2n) is 3.20. The smallest absolute Gasteiger partial charge is 0.287 e. The molecule has 7 heteroatoms. The molecule has 0 radical (unpaired) electrons. The van der Waals surface area contributed by atoms with Crippen LogP contribution in [0.5, 0.6) is 0 Å². The van der Waals surface area contributed by atoms with E-state index >= 15 is 0 Å². The molecule has 2 nitrogen and oxygen atoms in total. The van der Waals surface area contributed by atoms with Crippen molar-refractivity contribution in [3.8, 4) is 0 Å². The number of alkyl halides is 2. The zero-order valence-electron chi connectivity index (χ0n) is 7.48. The third kappa shape index (κ3) is 0.904. The Bertz CT molecular complexity index is 428. The van der Waals surface area contributed by atoms with Crippen molar-refractivity contribution in [2.45, 2.75) is 5.92 Å². The van der Waals surface area contributed by atoms with Crippen molar-refractivity contribution in [2.24, 2.45) is 0 Å². The van der Waals surface area contributed by atoms with E-state index in [0.29, 0.717) is 9.55 Å². The highest BCUT2D eigenvalue weighted by Gasteiger charge is 2.56. The molecule has 14 heavy (non-hydrogen) atoms. The van der Waals surface area contributed by atoms with Crippen LogP contribution in [0.1, 0.15) is 20.7 Å². The molecule has 0 saturated carbocycles. The van der Waals surface area contributed by atoms with Crippen LogP contribution in [0.15, 0.2) is 0 Å². The lowest BCUT2D eigenvalue weighted by atomic mass is 9.95. The van der Waals surface area contributed by atoms with Crippen LogP contribution in [-0.4, -0.2) is 33.2 Å². The highest BCUT2D eigenvalue weighted by molar-refractivity contribution is 7.28. The third-order valence-corrected chi connectivity index (χ3v) is 3.31. The Morgan fingerprint density at radius 1 is 1.00 bits per heavy atom. The van der Waals surface area contributed by atoms with Gasteiger partial charge in [0.05, 0.1) is 0 Å². The minimum Gasteiger partial charge on any atom is -0.287 e. The van der Waals surface area contributed by atoms with E-state index in [4.69, 9.17) is 0 Å². The van der Waals surface area contributed by atoms with E-state index < -0.39 is 17.5 Å². The molecule has 0 aliphatic heterocycles. The highest BCUT2D eigenvalue weighted by atomic mass is 32.1. The molecule has 1 heterocycles. The largest absolute Gasteiger partial charge is 0.371 e. The second kappa shape index (κ2) is 2.53. The number of ketones is 2. The number of hydrogen-bond acceptors (Lipinski definition) is 3. The first-order chi connectivity index (χ1) is 6.37. The summed E-state index contributed by atoms with van der Waals surface area (Å²) in [5.74, 6) is -6.53. The van der Waals surface area contributed by atoms with E-state index in [1.165, 1.54) is 11.3 Å². The number of carbonyl (C=O) groups is 2. The summed E-state index contributed by atoms with van der Waals surface area (Å²) in [5, 5.41) is 0. The van der Waals surface area contributed by atoms with Crippen LogP contribution in [0.3, 0.4) is 0 Å². The molecular weight excluding hydrogens is 208 g/mol. The van der Waals surface area contributed by atoms with Gasteiger partial charge in [-0.15, -0.1) is 0 Å². The van der Waals surface area contributed by atoms with Gasteiger partial charge in [0, 0.05) is 11.1 Å². The fourth-order valence-corrected chi connectivity index (χ4v) is 2.70. The van der Waals surface area contributed by atoms with Crippen molar-refractivity contribution in [1.29, 1.82) is 0 Å². The molecule has 1 aromatic rings. The molecule has 0 bridgehead atoms. The number of Topliss-reactive ketones (excluding diaryl/α,β-unsaturated/α-hetero) is 2. The van der Waals surface area contributed by atoms with E-state index in [9.17, 15) is 18.4 Å². The minimum absolute atomic E-state index is 0.0810. The molecule has 0 unspecified atom stereocenters. The van der Waals surface area contributed by atoms with Crippen molar-refractivity contribution < 1.29 is 18.4 Å². The van der Waals surface area contributed by atoms with Crippen molar-refractivity contribution in [1.82, 2.24) is 0 Å². The van der Waals surface area contributed by atoms with Gasteiger partial charge in [-0.1, -0.05) is 0 Å². The molecule has 2 rings (SSSR count). The predicted molar refractivity (Wildman–Crippen MR) is 54.3 cm³/mol. The van der Waals surface area contributed by atoms with Gasteiger partial charge in [0.1, 0.15) is 0 Å². The number of rotatable bonds is 0. The van der Waals surface area contributed by atoms with Gasteiger partial charge < -0.3 is 0 Å². The van der Waals surface area contributed by atoms with E-state index in [2.05, 4.69) is 0 Å². The Morgan fingerprint density at radius 2 is 1.36 bits per heavy atom. The molecule has 0 atom stereocenters. The standard InChI is InChI=1S/C7H4B2F2O2S/c8-5-1-2(6(9)14-5)4(13)7(10,11)3(1)12/h8-9H2. The van der Waals surface area contributed by atoms with E-state index in [1.807, 2.05) is 0 Å². The van der Waals surface area contributed by atoms with Crippen molar-refractivity contribution >= 4 is 48.1 Å². The molecule has 0 N–H and O–H groups in total. The summed E-state index contributed by atoms with van der Waals surface area (Å²) in [7, 11) is 3.14. The van der Waals surface area contributed by atoms with Gasteiger partial charge in [-0.25, -0.2) is 0 Å². The van der Waals surface area contributed by atoms with Gasteiger partial charge in [-0.2, -0.15) is 20.1 Å². The molecule has 0 amide bonds. The van der Waals surface area contributed by atoms with Crippen molar-refractivity contribution in [2.75, 3.05) is 0 Å². The molecule has 1 aliphatic carbocycles. The lowest BCUT2D eigenvalue weighted by Crippen LogP contribution is -2.32. The fraction of sp³-hybridized carbons (Fsp3) is 0.143. The van der Waals surface area contributed by atoms with Crippen LogP contribution in [-0.2, 0) is 0 Å². The van der Waals surface area contributed by atoms with Crippen LogP contribution < -0.4 is 9.55 Å². The maximum absolute atomic E-state index is 13.0. The summed E-state index contributed by atoms with van der Waals surface area (Å²) in [6, 6.07) is 0. The van der Waals surface area contributed by atoms with Crippen LogP contribution in [0.4, 0.5) is 8.78 Å². The molecule has 0 saturated heterocycles. The van der Waals surface area contributed by atoms with Crippen LogP contribution in [0, 0.1) is 0 Å². The maximum Gasteiger partial charge on any atom is 0.371 e. The summed E-state index contributed by atoms with van der Waals surface area (Å²) in [4.78, 5) is 22.4. The third-order valence-electron chi connectivity index (χ3n) is 2.28. The van der Waals surface area contributed by atoms with Crippen LogP contribution in [0.2, 0.25) is 0 Å². The summed E-state index contributed by atoms with van der Waals surface area (Å²) in [6.07, 6.45) is 0. The molecule has 0 spiro atoms. The highest BCUT2D eigenvalue weighted by Crippen LogP contribution is 2.33. The van der Waals surface area contributed by atoms with E-state index in [0.717, 1.165) is 0 Å². The molecule has 0 fully saturated rings. The lowest BCUT2D eigenvalue weighted by Gasteiger charge is -2.03.